The zero-order valence-corrected chi connectivity index (χ0v) is 9.99. The van der Waals surface area contributed by atoms with E-state index in [1.807, 2.05) is 0 Å². The van der Waals surface area contributed by atoms with E-state index in [9.17, 15) is 0 Å². The lowest BCUT2D eigenvalue weighted by molar-refractivity contribution is 0.180. The molecule has 1 aromatic rings. The molecule has 1 aromatic heterocycles. The number of halogens is 1. The van der Waals surface area contributed by atoms with Gasteiger partial charge in [0.2, 0.25) is 5.88 Å². The second-order valence-corrected chi connectivity index (χ2v) is 4.32. The van der Waals surface area contributed by atoms with Crippen molar-refractivity contribution in [2.75, 3.05) is 26.2 Å². The highest BCUT2D eigenvalue weighted by molar-refractivity contribution is 6.29. The van der Waals surface area contributed by atoms with Crippen LogP contribution < -0.4 is 4.74 Å². The molecule has 1 aliphatic heterocycles. The highest BCUT2D eigenvalue weighted by Gasteiger charge is 2.09. The number of ether oxygens (including phenoxy) is 1. The van der Waals surface area contributed by atoms with E-state index in [2.05, 4.69) is 14.9 Å². The maximum absolute atomic E-state index is 5.71. The number of likely N-dealkylation sites (tertiary alicyclic amines) is 1. The molecule has 88 valence electrons. The van der Waals surface area contributed by atoms with Gasteiger partial charge in [-0.1, -0.05) is 18.0 Å². The summed E-state index contributed by atoms with van der Waals surface area (Å²) in [6, 6.07) is 0. The number of nitrogens with zero attached hydrogens (tertiary/aromatic N) is 3. The van der Waals surface area contributed by atoms with Gasteiger partial charge in [0.15, 0.2) is 5.15 Å². The Bertz CT molecular complexity index is 329. The first-order chi connectivity index (χ1) is 7.84. The van der Waals surface area contributed by atoms with Crippen molar-refractivity contribution in [2.45, 2.75) is 19.3 Å². The summed E-state index contributed by atoms with van der Waals surface area (Å²) in [7, 11) is 0. The van der Waals surface area contributed by atoms with E-state index in [4.69, 9.17) is 16.3 Å². The zero-order chi connectivity index (χ0) is 11.2. The molecule has 0 amide bonds. The van der Waals surface area contributed by atoms with Gasteiger partial charge in [0.25, 0.3) is 0 Å². The minimum absolute atomic E-state index is 0.371. The third-order valence-corrected chi connectivity index (χ3v) is 2.87. The van der Waals surface area contributed by atoms with E-state index in [1.165, 1.54) is 38.5 Å². The van der Waals surface area contributed by atoms with Crippen LogP contribution in [0, 0.1) is 0 Å². The summed E-state index contributed by atoms with van der Waals surface area (Å²) < 4.78 is 5.49. The minimum atomic E-state index is 0.371. The van der Waals surface area contributed by atoms with Crippen molar-refractivity contribution in [2.24, 2.45) is 0 Å². The highest BCUT2D eigenvalue weighted by atomic mass is 35.5. The van der Waals surface area contributed by atoms with Gasteiger partial charge in [-0.05, 0) is 25.9 Å². The van der Waals surface area contributed by atoms with Crippen molar-refractivity contribution >= 4 is 11.6 Å². The van der Waals surface area contributed by atoms with Gasteiger partial charge in [0, 0.05) is 6.54 Å². The molecular weight excluding hydrogens is 226 g/mol. The Morgan fingerprint density at radius 3 is 2.81 bits per heavy atom. The summed E-state index contributed by atoms with van der Waals surface area (Å²) in [4.78, 5) is 10.4. The van der Waals surface area contributed by atoms with Crippen molar-refractivity contribution in [3.63, 3.8) is 0 Å². The molecule has 0 aliphatic carbocycles. The Hall–Kier alpha value is -0.870. The molecule has 16 heavy (non-hydrogen) atoms. The van der Waals surface area contributed by atoms with E-state index in [1.54, 1.807) is 6.20 Å². The molecule has 2 rings (SSSR count). The molecule has 0 spiro atoms. The molecule has 0 atom stereocenters. The van der Waals surface area contributed by atoms with Gasteiger partial charge in [-0.2, -0.15) is 4.98 Å². The van der Waals surface area contributed by atoms with E-state index in [0.29, 0.717) is 17.6 Å². The topological polar surface area (TPSA) is 38.2 Å². The first kappa shape index (κ1) is 11.6. The van der Waals surface area contributed by atoms with Crippen molar-refractivity contribution < 1.29 is 4.74 Å². The molecule has 0 N–H and O–H groups in total. The molecule has 0 saturated carbocycles. The third kappa shape index (κ3) is 3.61. The van der Waals surface area contributed by atoms with Crippen LogP contribution in [0.3, 0.4) is 0 Å². The Morgan fingerprint density at radius 1 is 1.25 bits per heavy atom. The molecule has 4 nitrogen and oxygen atoms in total. The zero-order valence-electron chi connectivity index (χ0n) is 9.23. The van der Waals surface area contributed by atoms with Crippen molar-refractivity contribution in [3.8, 4) is 5.88 Å². The van der Waals surface area contributed by atoms with E-state index in [0.717, 1.165) is 6.54 Å². The Kier molecular flexibility index (Phi) is 4.36. The molecular formula is C11H16ClN3O. The second kappa shape index (κ2) is 6.01. The Balaban J connectivity index is 1.71. The minimum Gasteiger partial charge on any atom is -0.475 e. The van der Waals surface area contributed by atoms with Crippen LogP contribution in [-0.4, -0.2) is 41.1 Å². The first-order valence-electron chi connectivity index (χ1n) is 5.67. The van der Waals surface area contributed by atoms with Crippen LogP contribution in [0.25, 0.3) is 0 Å². The number of hydrogen-bond donors (Lipinski definition) is 0. The second-order valence-electron chi connectivity index (χ2n) is 3.93. The first-order valence-corrected chi connectivity index (χ1v) is 6.05. The molecule has 1 fully saturated rings. The summed E-state index contributed by atoms with van der Waals surface area (Å²) in [5.41, 5.74) is 0. The predicted molar refractivity (Wildman–Crippen MR) is 62.8 cm³/mol. The maximum Gasteiger partial charge on any atom is 0.233 e. The predicted octanol–water partition coefficient (Wildman–Crippen LogP) is 1.99. The lowest BCUT2D eigenvalue weighted by Crippen LogP contribution is -2.33. The van der Waals surface area contributed by atoms with Crippen LogP contribution in [0.2, 0.25) is 5.15 Å². The van der Waals surface area contributed by atoms with Gasteiger partial charge in [0.1, 0.15) is 6.61 Å². The van der Waals surface area contributed by atoms with Crippen LogP contribution in [0.15, 0.2) is 12.4 Å². The normalized spacial score (nSPS) is 17.3. The van der Waals surface area contributed by atoms with Gasteiger partial charge < -0.3 is 4.74 Å². The fraction of sp³-hybridized carbons (Fsp3) is 0.636. The monoisotopic (exact) mass is 241 g/mol. The highest BCUT2D eigenvalue weighted by Crippen LogP contribution is 2.10. The smallest absolute Gasteiger partial charge is 0.233 e. The summed E-state index contributed by atoms with van der Waals surface area (Å²) in [5, 5.41) is 0.371. The molecule has 0 unspecified atom stereocenters. The summed E-state index contributed by atoms with van der Waals surface area (Å²) in [5.74, 6) is 0.504. The Morgan fingerprint density at radius 2 is 2.06 bits per heavy atom. The summed E-state index contributed by atoms with van der Waals surface area (Å²) >= 11 is 5.71. The van der Waals surface area contributed by atoms with E-state index >= 15 is 0 Å². The number of aromatic nitrogens is 2. The van der Waals surface area contributed by atoms with Gasteiger partial charge in [-0.15, -0.1) is 0 Å². The van der Waals surface area contributed by atoms with E-state index in [-0.39, 0.29) is 0 Å². The fourth-order valence-electron chi connectivity index (χ4n) is 1.86. The van der Waals surface area contributed by atoms with Crippen LogP contribution >= 0.6 is 11.6 Å². The maximum atomic E-state index is 5.71. The molecule has 0 bridgehead atoms. The van der Waals surface area contributed by atoms with Gasteiger partial charge in [-0.3, -0.25) is 9.88 Å². The largest absolute Gasteiger partial charge is 0.475 e. The quantitative estimate of drug-likeness (QED) is 0.808. The van der Waals surface area contributed by atoms with Crippen LogP contribution in [-0.2, 0) is 0 Å². The molecule has 0 aromatic carbocycles. The molecule has 2 heterocycles. The molecule has 5 heteroatoms. The standard InChI is InChI=1S/C11H16ClN3O/c12-10-8-13-9-11(14-10)16-7-6-15-4-2-1-3-5-15/h8-9H,1-7H2. The average molecular weight is 242 g/mol. The number of piperidine rings is 1. The van der Waals surface area contributed by atoms with Gasteiger partial charge >= 0.3 is 0 Å². The SMILES string of the molecule is Clc1cncc(OCCN2CCCCC2)n1. The molecule has 1 aliphatic rings. The Labute approximate surface area is 101 Å². The van der Waals surface area contributed by atoms with Gasteiger partial charge in [-0.25, -0.2) is 0 Å². The lowest BCUT2D eigenvalue weighted by Gasteiger charge is -2.25. The third-order valence-electron chi connectivity index (χ3n) is 2.69. The van der Waals surface area contributed by atoms with Crippen LogP contribution in [0.1, 0.15) is 19.3 Å². The van der Waals surface area contributed by atoms with Crippen LogP contribution in [0.5, 0.6) is 5.88 Å². The van der Waals surface area contributed by atoms with E-state index < -0.39 is 0 Å². The summed E-state index contributed by atoms with van der Waals surface area (Å²) in [6.45, 7) is 3.97. The van der Waals surface area contributed by atoms with Crippen molar-refractivity contribution in [1.82, 2.24) is 14.9 Å². The number of rotatable bonds is 4. The molecule has 0 radical (unpaired) electrons. The fourth-order valence-corrected chi connectivity index (χ4v) is 2.00. The molecule has 1 saturated heterocycles. The van der Waals surface area contributed by atoms with Crippen LogP contribution in [0.4, 0.5) is 0 Å². The van der Waals surface area contributed by atoms with Crippen molar-refractivity contribution in [1.29, 1.82) is 0 Å². The van der Waals surface area contributed by atoms with Crippen molar-refractivity contribution in [3.05, 3.63) is 17.5 Å². The lowest BCUT2D eigenvalue weighted by atomic mass is 10.1. The average Bonchev–Trinajstić information content (AvgIpc) is 2.30. The number of hydrogen-bond acceptors (Lipinski definition) is 4. The van der Waals surface area contributed by atoms with Gasteiger partial charge in [0.05, 0.1) is 12.4 Å². The summed E-state index contributed by atoms with van der Waals surface area (Å²) in [6.07, 6.45) is 7.05.